The van der Waals surface area contributed by atoms with Crippen LogP contribution in [0.15, 0.2) is 12.2 Å². The van der Waals surface area contributed by atoms with Gasteiger partial charge in [0.25, 0.3) is 0 Å². The molecule has 0 aliphatic rings. The molecule has 0 unspecified atom stereocenters. The minimum atomic E-state index is 0. The number of hydrogen-bond donors (Lipinski definition) is 0. The number of allylic oxidation sites excluding steroid dienone is 2. The van der Waals surface area contributed by atoms with Crippen LogP contribution in [0, 0.1) is 0 Å². The molecule has 0 heterocycles. The number of hydrogen-bond acceptors (Lipinski definition) is 1. The van der Waals surface area contributed by atoms with Crippen LogP contribution in [0.4, 0.5) is 0 Å². The summed E-state index contributed by atoms with van der Waals surface area (Å²) in [5.74, 6) is 0. The Morgan fingerprint density at radius 2 is 1.15 bits per heavy atom. The molecule has 0 bridgehead atoms. The van der Waals surface area contributed by atoms with Crippen LogP contribution in [0.1, 0.15) is 96.8 Å². The summed E-state index contributed by atoms with van der Waals surface area (Å²) in [6, 6.07) is 0. The van der Waals surface area contributed by atoms with E-state index in [2.05, 4.69) is 19.1 Å². The minimum Gasteiger partial charge on any atom is -0.542 e. The Bertz CT molecular complexity index is 202. The summed E-state index contributed by atoms with van der Waals surface area (Å²) in [6.07, 6.45) is 24.2. The zero-order valence-electron chi connectivity index (χ0n) is 13.3. The van der Waals surface area contributed by atoms with E-state index in [4.69, 9.17) is 0 Å². The predicted octanol–water partition coefficient (Wildman–Crippen LogP) is 6.13. The van der Waals surface area contributed by atoms with E-state index in [9.17, 15) is 4.79 Å². The first-order valence-electron chi connectivity index (χ1n) is 8.41. The van der Waals surface area contributed by atoms with Crippen LogP contribution < -0.4 is 0 Å². The molecule has 0 radical (unpaired) electrons. The van der Waals surface area contributed by atoms with Crippen LogP contribution >= 0.6 is 0 Å². The Kier molecular flexibility index (Phi) is 23.5. The van der Waals surface area contributed by atoms with E-state index in [0.29, 0.717) is 6.42 Å². The Morgan fingerprint density at radius 3 is 1.65 bits per heavy atom. The fourth-order valence-electron chi connectivity index (χ4n) is 2.27. The largest absolute Gasteiger partial charge is 0.542 e. The van der Waals surface area contributed by atoms with Gasteiger partial charge in [-0.05, 0) is 25.7 Å². The van der Waals surface area contributed by atoms with Crippen LogP contribution in [-0.4, -0.2) is 6.29 Å². The Balaban J connectivity index is 0. The second-order valence-corrected chi connectivity index (χ2v) is 5.48. The second kappa shape index (κ2) is 21.2. The van der Waals surface area contributed by atoms with Gasteiger partial charge in [-0.3, -0.25) is 6.29 Å². The van der Waals surface area contributed by atoms with Crippen molar-refractivity contribution in [2.24, 2.45) is 0 Å². The first kappa shape index (κ1) is 22.2. The average Bonchev–Trinajstić information content (AvgIpc) is 2.43. The van der Waals surface area contributed by atoms with Gasteiger partial charge < -0.3 is 4.79 Å². The van der Waals surface area contributed by atoms with Gasteiger partial charge in [-0.2, -0.15) is 6.42 Å². The van der Waals surface area contributed by atoms with Crippen molar-refractivity contribution in [1.82, 2.24) is 0 Å². The van der Waals surface area contributed by atoms with Gasteiger partial charge in [-0.1, -0.05) is 76.9 Å². The van der Waals surface area contributed by atoms with Crippen molar-refractivity contribution < 1.29 is 21.3 Å². The van der Waals surface area contributed by atoms with E-state index in [0.717, 1.165) is 6.42 Å². The van der Waals surface area contributed by atoms with Gasteiger partial charge in [0, 0.05) is 16.5 Å². The molecular weight excluding hydrogens is 291 g/mol. The van der Waals surface area contributed by atoms with Crippen LogP contribution in [0.2, 0.25) is 0 Å². The number of unbranched alkanes of at least 4 members (excludes halogenated alkanes) is 12. The van der Waals surface area contributed by atoms with E-state index in [1.54, 1.807) is 0 Å². The summed E-state index contributed by atoms with van der Waals surface area (Å²) in [7, 11) is 0. The summed E-state index contributed by atoms with van der Waals surface area (Å²) in [6.45, 7) is 2.27. The van der Waals surface area contributed by atoms with Gasteiger partial charge in [0.15, 0.2) is 0 Å². The third-order valence-electron chi connectivity index (χ3n) is 3.54. The molecular formula is C18H33NiO-. The fourth-order valence-corrected chi connectivity index (χ4v) is 2.27. The van der Waals surface area contributed by atoms with Gasteiger partial charge in [-0.25, -0.2) is 0 Å². The van der Waals surface area contributed by atoms with E-state index >= 15 is 0 Å². The molecule has 20 heavy (non-hydrogen) atoms. The summed E-state index contributed by atoms with van der Waals surface area (Å²) >= 11 is 0. The molecule has 1 nitrogen and oxygen atoms in total. The Hall–Kier alpha value is -0.0965. The molecule has 0 N–H and O–H groups in total. The normalized spacial score (nSPS) is 10.7. The van der Waals surface area contributed by atoms with Gasteiger partial charge in [0.1, 0.15) is 0 Å². The van der Waals surface area contributed by atoms with Crippen LogP contribution in [0.25, 0.3) is 0 Å². The molecule has 0 spiro atoms. The van der Waals surface area contributed by atoms with Gasteiger partial charge in [-0.15, -0.1) is 0 Å². The smallest absolute Gasteiger partial charge is 0 e. The predicted molar refractivity (Wildman–Crippen MR) is 85.1 cm³/mol. The second-order valence-electron chi connectivity index (χ2n) is 5.48. The summed E-state index contributed by atoms with van der Waals surface area (Å²) in [5.41, 5.74) is 0. The van der Waals surface area contributed by atoms with Gasteiger partial charge in [0.2, 0.25) is 0 Å². The van der Waals surface area contributed by atoms with Crippen molar-refractivity contribution in [2.45, 2.75) is 96.8 Å². The summed E-state index contributed by atoms with van der Waals surface area (Å²) in [4.78, 5) is 10.0. The molecule has 0 rings (SSSR count). The van der Waals surface area contributed by atoms with Crippen molar-refractivity contribution >= 4 is 6.29 Å². The number of rotatable bonds is 15. The van der Waals surface area contributed by atoms with Crippen molar-refractivity contribution in [3.63, 3.8) is 0 Å². The van der Waals surface area contributed by atoms with Crippen molar-refractivity contribution in [2.75, 3.05) is 0 Å². The molecule has 0 saturated heterocycles. The molecule has 0 aliphatic heterocycles. The van der Waals surface area contributed by atoms with Crippen molar-refractivity contribution in [1.29, 1.82) is 0 Å². The molecule has 0 atom stereocenters. The Labute approximate surface area is 136 Å². The molecule has 0 aromatic heterocycles. The van der Waals surface area contributed by atoms with Crippen LogP contribution in [-0.2, 0) is 21.3 Å². The quantitative estimate of drug-likeness (QED) is 0.153. The van der Waals surface area contributed by atoms with Gasteiger partial charge >= 0.3 is 0 Å². The van der Waals surface area contributed by atoms with Crippen LogP contribution in [0.5, 0.6) is 0 Å². The van der Waals surface area contributed by atoms with Gasteiger partial charge in [0.05, 0.1) is 0 Å². The molecule has 0 aromatic rings. The average molecular weight is 324 g/mol. The molecule has 122 valence electrons. The van der Waals surface area contributed by atoms with E-state index in [1.807, 2.05) is 6.29 Å². The monoisotopic (exact) mass is 323 g/mol. The SMILES string of the molecule is CCCCCCCC/C=C\CCCCCCC[C-]=O.[Ni]. The molecule has 2 heteroatoms. The molecule has 0 aromatic carbocycles. The topological polar surface area (TPSA) is 17.1 Å². The third-order valence-corrected chi connectivity index (χ3v) is 3.54. The third kappa shape index (κ3) is 20.2. The summed E-state index contributed by atoms with van der Waals surface area (Å²) < 4.78 is 0. The Morgan fingerprint density at radius 1 is 0.700 bits per heavy atom. The number of carbonyl (C=O) groups excluding carboxylic acids is 1. The van der Waals surface area contributed by atoms with E-state index < -0.39 is 0 Å². The minimum absolute atomic E-state index is 0. The van der Waals surface area contributed by atoms with Crippen molar-refractivity contribution in [3.8, 4) is 0 Å². The zero-order valence-corrected chi connectivity index (χ0v) is 14.3. The maximum absolute atomic E-state index is 10.0. The van der Waals surface area contributed by atoms with Crippen molar-refractivity contribution in [3.05, 3.63) is 12.2 Å². The fraction of sp³-hybridized carbons (Fsp3) is 0.833. The molecule has 0 fully saturated rings. The van der Waals surface area contributed by atoms with E-state index in [1.165, 1.54) is 77.0 Å². The maximum atomic E-state index is 10.0. The zero-order chi connectivity index (χ0) is 14.0. The summed E-state index contributed by atoms with van der Waals surface area (Å²) in [5, 5.41) is 0. The molecule has 0 saturated carbocycles. The molecule has 0 amide bonds. The standard InChI is InChI=1S/C18H33O.Ni/c1-2-3-4-5-6-7-8-9-10-11-12-13-14-15-16-17-18-19;/h9-10H,2-8,11-17H2,1H3;/q-1;/b10-9-;. The molecule has 0 aliphatic carbocycles. The maximum Gasteiger partial charge on any atom is 0 e. The first-order chi connectivity index (χ1) is 9.41. The van der Waals surface area contributed by atoms with E-state index in [-0.39, 0.29) is 16.5 Å². The first-order valence-corrected chi connectivity index (χ1v) is 8.41. The van der Waals surface area contributed by atoms with Crippen LogP contribution in [0.3, 0.4) is 0 Å².